The monoisotopic (exact) mass is 186 g/mol. The molecule has 0 saturated carbocycles. The zero-order valence-electron chi connectivity index (χ0n) is 8.02. The summed E-state index contributed by atoms with van der Waals surface area (Å²) in [5.41, 5.74) is 0. The fraction of sp³-hybridized carbons (Fsp3) is 0.750. The normalized spacial score (nSPS) is 15.7. The van der Waals surface area contributed by atoms with Crippen LogP contribution >= 0.6 is 0 Å². The number of rotatable bonds is 4. The van der Waals surface area contributed by atoms with E-state index in [0.29, 0.717) is 18.3 Å². The lowest BCUT2D eigenvalue weighted by Gasteiger charge is -2.07. The summed E-state index contributed by atoms with van der Waals surface area (Å²) in [4.78, 5) is 4.06. The van der Waals surface area contributed by atoms with Gasteiger partial charge in [-0.05, 0) is 6.92 Å². The molecule has 0 saturated heterocycles. The molecule has 2 unspecified atom stereocenters. The van der Waals surface area contributed by atoms with Crippen LogP contribution in [0.4, 0.5) is 0 Å². The van der Waals surface area contributed by atoms with Crippen molar-refractivity contribution in [2.24, 2.45) is 0 Å². The van der Waals surface area contributed by atoms with Crippen LogP contribution in [0.3, 0.4) is 0 Å². The number of hydrogen-bond donors (Lipinski definition) is 1. The van der Waals surface area contributed by atoms with E-state index in [4.69, 9.17) is 9.26 Å². The summed E-state index contributed by atoms with van der Waals surface area (Å²) in [6, 6.07) is 0. The first-order valence-corrected chi connectivity index (χ1v) is 4.14. The van der Waals surface area contributed by atoms with E-state index in [-0.39, 0.29) is 5.92 Å². The van der Waals surface area contributed by atoms with E-state index in [1.165, 1.54) is 0 Å². The third-order valence-corrected chi connectivity index (χ3v) is 1.87. The molecule has 0 amide bonds. The molecule has 1 N–H and O–H groups in total. The molecule has 13 heavy (non-hydrogen) atoms. The summed E-state index contributed by atoms with van der Waals surface area (Å²) in [5, 5.41) is 12.9. The fourth-order valence-electron chi connectivity index (χ4n) is 0.846. The second kappa shape index (κ2) is 4.34. The maximum Gasteiger partial charge on any atom is 0.232 e. The Balaban J connectivity index is 2.67. The van der Waals surface area contributed by atoms with E-state index in [2.05, 4.69) is 10.1 Å². The smallest absolute Gasteiger partial charge is 0.232 e. The Kier molecular flexibility index (Phi) is 3.39. The number of aliphatic hydroxyl groups is 1. The molecule has 0 bridgehead atoms. The van der Waals surface area contributed by atoms with E-state index in [9.17, 15) is 5.11 Å². The van der Waals surface area contributed by atoms with Crippen LogP contribution in [0.5, 0.6) is 0 Å². The third kappa shape index (κ3) is 2.50. The molecule has 0 aliphatic heterocycles. The topological polar surface area (TPSA) is 68.4 Å². The molecule has 0 aliphatic rings. The van der Waals surface area contributed by atoms with Crippen LogP contribution in [0.15, 0.2) is 4.52 Å². The minimum Gasteiger partial charge on any atom is -0.393 e. The molecule has 5 nitrogen and oxygen atoms in total. The van der Waals surface area contributed by atoms with E-state index < -0.39 is 6.10 Å². The van der Waals surface area contributed by atoms with Crippen molar-refractivity contribution in [1.82, 2.24) is 10.1 Å². The molecule has 2 atom stereocenters. The van der Waals surface area contributed by atoms with Crippen molar-refractivity contribution in [1.29, 1.82) is 0 Å². The largest absolute Gasteiger partial charge is 0.393 e. The van der Waals surface area contributed by atoms with Crippen molar-refractivity contribution in [2.45, 2.75) is 32.5 Å². The van der Waals surface area contributed by atoms with Crippen LogP contribution in [0, 0.1) is 0 Å². The Labute approximate surface area is 76.7 Å². The number of hydrogen-bond acceptors (Lipinski definition) is 5. The Morgan fingerprint density at radius 1 is 1.54 bits per heavy atom. The Morgan fingerprint density at radius 2 is 2.23 bits per heavy atom. The predicted octanol–water partition coefficient (Wildman–Crippen LogP) is 0.700. The minimum absolute atomic E-state index is 0.141. The average Bonchev–Trinajstić information content (AvgIpc) is 2.52. The van der Waals surface area contributed by atoms with E-state index in [0.717, 1.165) is 0 Å². The molecule has 0 fully saturated rings. The molecule has 1 aromatic rings. The molecule has 1 heterocycles. The average molecular weight is 186 g/mol. The van der Waals surface area contributed by atoms with Gasteiger partial charge in [0.1, 0.15) is 6.61 Å². The third-order valence-electron chi connectivity index (χ3n) is 1.87. The fourth-order valence-corrected chi connectivity index (χ4v) is 0.846. The van der Waals surface area contributed by atoms with Gasteiger partial charge in [0.15, 0.2) is 5.82 Å². The van der Waals surface area contributed by atoms with Crippen molar-refractivity contribution in [3.05, 3.63) is 11.7 Å². The first-order valence-electron chi connectivity index (χ1n) is 4.14. The van der Waals surface area contributed by atoms with Crippen LogP contribution in [0.1, 0.15) is 31.5 Å². The number of aromatic nitrogens is 2. The van der Waals surface area contributed by atoms with Gasteiger partial charge >= 0.3 is 0 Å². The number of ether oxygens (including phenoxy) is 1. The van der Waals surface area contributed by atoms with Gasteiger partial charge in [-0.15, -0.1) is 0 Å². The first-order chi connectivity index (χ1) is 6.15. The molecule has 1 aromatic heterocycles. The zero-order valence-corrected chi connectivity index (χ0v) is 8.02. The van der Waals surface area contributed by atoms with E-state index in [1.807, 2.05) is 6.92 Å². The van der Waals surface area contributed by atoms with Gasteiger partial charge in [0, 0.05) is 7.11 Å². The molecule has 0 spiro atoms. The summed E-state index contributed by atoms with van der Waals surface area (Å²) in [6.07, 6.45) is -0.490. The molecule has 5 heteroatoms. The highest BCUT2D eigenvalue weighted by Gasteiger charge is 2.18. The maximum absolute atomic E-state index is 9.25. The van der Waals surface area contributed by atoms with Crippen molar-refractivity contribution in [3.8, 4) is 0 Å². The van der Waals surface area contributed by atoms with Crippen LogP contribution in [-0.2, 0) is 11.3 Å². The van der Waals surface area contributed by atoms with Crippen LogP contribution in [-0.4, -0.2) is 28.5 Å². The summed E-state index contributed by atoms with van der Waals surface area (Å²) >= 11 is 0. The SMILES string of the molecule is COCc1noc(C(C)C(C)O)n1. The highest BCUT2D eigenvalue weighted by atomic mass is 16.5. The lowest BCUT2D eigenvalue weighted by Crippen LogP contribution is -2.11. The lowest BCUT2D eigenvalue weighted by atomic mass is 10.1. The molecular formula is C8H14N2O3. The predicted molar refractivity (Wildman–Crippen MR) is 45.1 cm³/mol. The number of methoxy groups -OCH3 is 1. The van der Waals surface area contributed by atoms with Crippen molar-refractivity contribution in [2.75, 3.05) is 7.11 Å². The van der Waals surface area contributed by atoms with Gasteiger partial charge in [-0.3, -0.25) is 0 Å². The molecular weight excluding hydrogens is 172 g/mol. The molecule has 0 aliphatic carbocycles. The van der Waals surface area contributed by atoms with Gasteiger partial charge in [0.25, 0.3) is 0 Å². The van der Waals surface area contributed by atoms with Crippen molar-refractivity contribution in [3.63, 3.8) is 0 Å². The Bertz CT molecular complexity index is 260. The van der Waals surface area contributed by atoms with Crippen LogP contribution in [0.2, 0.25) is 0 Å². The molecule has 0 aromatic carbocycles. The standard InChI is InChI=1S/C8H14N2O3/c1-5(6(2)11)8-9-7(4-12-3)10-13-8/h5-6,11H,4H2,1-3H3. The highest BCUT2D eigenvalue weighted by Crippen LogP contribution is 2.16. The maximum atomic E-state index is 9.25. The van der Waals surface area contributed by atoms with Crippen molar-refractivity contribution < 1.29 is 14.4 Å². The second-order valence-electron chi connectivity index (χ2n) is 3.01. The lowest BCUT2D eigenvalue weighted by molar-refractivity contribution is 0.151. The van der Waals surface area contributed by atoms with Gasteiger partial charge in [-0.25, -0.2) is 0 Å². The molecule has 74 valence electrons. The Hall–Kier alpha value is -0.940. The van der Waals surface area contributed by atoms with Gasteiger partial charge in [0.2, 0.25) is 5.89 Å². The van der Waals surface area contributed by atoms with Gasteiger partial charge in [0.05, 0.1) is 12.0 Å². The van der Waals surface area contributed by atoms with Crippen LogP contribution in [0.25, 0.3) is 0 Å². The second-order valence-corrected chi connectivity index (χ2v) is 3.01. The van der Waals surface area contributed by atoms with Gasteiger partial charge in [-0.1, -0.05) is 12.1 Å². The highest BCUT2D eigenvalue weighted by molar-refractivity contribution is 4.93. The summed E-state index contributed by atoms with van der Waals surface area (Å²) in [5.74, 6) is 0.810. The Morgan fingerprint density at radius 3 is 2.77 bits per heavy atom. The summed E-state index contributed by atoms with van der Waals surface area (Å²) in [7, 11) is 1.56. The van der Waals surface area contributed by atoms with E-state index >= 15 is 0 Å². The summed E-state index contributed by atoms with van der Waals surface area (Å²) in [6.45, 7) is 3.84. The summed E-state index contributed by atoms with van der Waals surface area (Å²) < 4.78 is 9.77. The number of aliphatic hydroxyl groups excluding tert-OH is 1. The zero-order chi connectivity index (χ0) is 9.84. The van der Waals surface area contributed by atoms with Gasteiger partial charge < -0.3 is 14.4 Å². The van der Waals surface area contributed by atoms with E-state index in [1.54, 1.807) is 14.0 Å². The van der Waals surface area contributed by atoms with Gasteiger partial charge in [-0.2, -0.15) is 4.98 Å². The first kappa shape index (κ1) is 10.1. The molecule has 1 rings (SSSR count). The quantitative estimate of drug-likeness (QED) is 0.749. The minimum atomic E-state index is -0.490. The van der Waals surface area contributed by atoms with Crippen LogP contribution < -0.4 is 0 Å². The molecule has 0 radical (unpaired) electrons. The number of nitrogens with zero attached hydrogens (tertiary/aromatic N) is 2. The van der Waals surface area contributed by atoms with Crippen molar-refractivity contribution >= 4 is 0 Å².